The van der Waals surface area contributed by atoms with Crippen LogP contribution in [0.4, 0.5) is 0 Å². The van der Waals surface area contributed by atoms with E-state index < -0.39 is 0 Å². The molecule has 0 saturated carbocycles. The zero-order chi connectivity index (χ0) is 9.56. The van der Waals surface area contributed by atoms with Crippen LogP contribution in [0.1, 0.15) is 40.0 Å². The van der Waals surface area contributed by atoms with Crippen LogP contribution in [0.25, 0.3) is 0 Å². The first-order valence-corrected chi connectivity index (χ1v) is 4.92. The van der Waals surface area contributed by atoms with Crippen LogP contribution >= 0.6 is 0 Å². The van der Waals surface area contributed by atoms with Crippen molar-refractivity contribution in [1.29, 1.82) is 0 Å². The molecule has 0 aliphatic carbocycles. The third kappa shape index (κ3) is 3.35. The molecule has 0 aromatic rings. The van der Waals surface area contributed by atoms with Crippen molar-refractivity contribution >= 4 is 5.78 Å². The molecule has 2 nitrogen and oxygen atoms in total. The first-order valence-electron chi connectivity index (χ1n) is 4.92. The van der Waals surface area contributed by atoms with Gasteiger partial charge in [0.25, 0.3) is 0 Å². The van der Waals surface area contributed by atoms with E-state index in [4.69, 9.17) is 0 Å². The number of carbonyl (C=O) groups is 1. The lowest BCUT2D eigenvalue weighted by atomic mass is 10.0. The zero-order valence-corrected chi connectivity index (χ0v) is 8.76. The number of piperidine rings is 1. The number of nitrogens with zero attached hydrogens (tertiary/aromatic N) is 1. The van der Waals surface area contributed by atoms with E-state index in [1.165, 1.54) is 12.8 Å². The van der Waals surface area contributed by atoms with Crippen molar-refractivity contribution in [3.05, 3.63) is 0 Å². The molecule has 0 radical (unpaired) electrons. The van der Waals surface area contributed by atoms with Crippen molar-refractivity contribution in [2.24, 2.45) is 0 Å². The highest BCUT2D eigenvalue weighted by Crippen LogP contribution is 2.14. The van der Waals surface area contributed by atoms with Gasteiger partial charge in [-0.25, -0.2) is 0 Å². The lowest BCUT2D eigenvalue weighted by molar-refractivity contribution is -0.122. The molecule has 2 heteroatoms. The minimum atomic E-state index is 0.216. The first kappa shape index (κ1) is 11.6. The smallest absolute Gasteiger partial charge is 0.146 e. The van der Waals surface area contributed by atoms with Gasteiger partial charge in [-0.1, -0.05) is 20.3 Å². The summed E-state index contributed by atoms with van der Waals surface area (Å²) in [6.07, 6.45) is 3.53. The van der Waals surface area contributed by atoms with Gasteiger partial charge in [-0.3, -0.25) is 9.69 Å². The maximum absolute atomic E-state index is 11.0. The Morgan fingerprint density at radius 1 is 1.33 bits per heavy atom. The Kier molecular flexibility index (Phi) is 5.99. The van der Waals surface area contributed by atoms with Crippen molar-refractivity contribution < 1.29 is 4.79 Å². The molecular weight excluding hydrogens is 150 g/mol. The summed E-state index contributed by atoms with van der Waals surface area (Å²) in [4.78, 5) is 13.1. The quantitative estimate of drug-likeness (QED) is 0.602. The van der Waals surface area contributed by atoms with Gasteiger partial charge in [0.1, 0.15) is 5.78 Å². The molecule has 1 aliphatic rings. The molecule has 72 valence electrons. The fourth-order valence-electron chi connectivity index (χ4n) is 1.59. The van der Waals surface area contributed by atoms with Crippen LogP contribution in [0, 0.1) is 0 Å². The van der Waals surface area contributed by atoms with Gasteiger partial charge in [0.2, 0.25) is 0 Å². The SMILES string of the molecule is CC.CC(=O)C1CCCCN1C. The normalized spacial score (nSPS) is 24.2. The molecular formula is C10H21NO. The highest BCUT2D eigenvalue weighted by molar-refractivity contribution is 5.81. The molecule has 1 saturated heterocycles. The van der Waals surface area contributed by atoms with E-state index in [2.05, 4.69) is 4.90 Å². The van der Waals surface area contributed by atoms with Gasteiger partial charge in [0.15, 0.2) is 0 Å². The molecule has 0 amide bonds. The van der Waals surface area contributed by atoms with Gasteiger partial charge < -0.3 is 0 Å². The summed E-state index contributed by atoms with van der Waals surface area (Å²) < 4.78 is 0. The lowest BCUT2D eigenvalue weighted by Crippen LogP contribution is -2.40. The standard InChI is InChI=1S/C8H15NO.C2H6/c1-7(10)8-5-3-4-6-9(8)2;1-2/h8H,3-6H2,1-2H3;1-2H3. The third-order valence-electron chi connectivity index (χ3n) is 2.24. The minimum absolute atomic E-state index is 0.216. The van der Waals surface area contributed by atoms with E-state index in [1.807, 2.05) is 20.9 Å². The number of hydrogen-bond donors (Lipinski definition) is 0. The van der Waals surface area contributed by atoms with E-state index in [0.29, 0.717) is 5.78 Å². The summed E-state index contributed by atoms with van der Waals surface area (Å²) in [5, 5.41) is 0. The second-order valence-electron chi connectivity index (χ2n) is 3.10. The summed E-state index contributed by atoms with van der Waals surface area (Å²) in [6, 6.07) is 0.216. The van der Waals surface area contributed by atoms with Crippen LogP contribution < -0.4 is 0 Å². The van der Waals surface area contributed by atoms with Crippen LogP contribution in [-0.4, -0.2) is 30.3 Å². The Morgan fingerprint density at radius 2 is 1.92 bits per heavy atom. The average Bonchev–Trinajstić information content (AvgIpc) is 2.08. The fraction of sp³-hybridized carbons (Fsp3) is 0.900. The van der Waals surface area contributed by atoms with E-state index >= 15 is 0 Å². The van der Waals surface area contributed by atoms with Gasteiger partial charge in [-0.05, 0) is 33.4 Å². The number of ketones is 1. The lowest BCUT2D eigenvalue weighted by Gasteiger charge is -2.30. The summed E-state index contributed by atoms with van der Waals surface area (Å²) in [5.74, 6) is 0.321. The van der Waals surface area contributed by atoms with Crippen LogP contribution in [0.15, 0.2) is 0 Å². The van der Waals surface area contributed by atoms with Crippen LogP contribution in [-0.2, 0) is 4.79 Å². The van der Waals surface area contributed by atoms with Crippen molar-refractivity contribution in [3.63, 3.8) is 0 Å². The van der Waals surface area contributed by atoms with Crippen molar-refractivity contribution in [2.75, 3.05) is 13.6 Å². The van der Waals surface area contributed by atoms with Crippen molar-refractivity contribution in [1.82, 2.24) is 4.90 Å². The molecule has 1 fully saturated rings. The Balaban J connectivity index is 0.000000561. The van der Waals surface area contributed by atoms with E-state index in [-0.39, 0.29) is 6.04 Å². The predicted molar refractivity (Wildman–Crippen MR) is 52.3 cm³/mol. The largest absolute Gasteiger partial charge is 0.298 e. The number of carbonyl (C=O) groups excluding carboxylic acids is 1. The molecule has 0 bridgehead atoms. The molecule has 0 spiro atoms. The minimum Gasteiger partial charge on any atom is -0.298 e. The maximum Gasteiger partial charge on any atom is 0.146 e. The van der Waals surface area contributed by atoms with Gasteiger partial charge in [0, 0.05) is 0 Å². The number of Topliss-reactive ketones (excluding diaryl/α,β-unsaturated/α-hetero) is 1. The molecule has 1 unspecified atom stereocenters. The zero-order valence-electron chi connectivity index (χ0n) is 8.76. The molecule has 0 N–H and O–H groups in total. The van der Waals surface area contributed by atoms with Crippen LogP contribution in [0.2, 0.25) is 0 Å². The number of likely N-dealkylation sites (tertiary alicyclic amines) is 1. The van der Waals surface area contributed by atoms with Crippen LogP contribution in [0.3, 0.4) is 0 Å². The third-order valence-corrected chi connectivity index (χ3v) is 2.24. The molecule has 1 aliphatic heterocycles. The molecule has 0 aromatic carbocycles. The Bertz CT molecular complexity index is 134. The Morgan fingerprint density at radius 3 is 2.25 bits per heavy atom. The molecule has 0 aromatic heterocycles. The van der Waals surface area contributed by atoms with Crippen molar-refractivity contribution in [3.8, 4) is 0 Å². The molecule has 1 rings (SSSR count). The summed E-state index contributed by atoms with van der Waals surface area (Å²) in [5.41, 5.74) is 0. The van der Waals surface area contributed by atoms with Gasteiger partial charge in [-0.2, -0.15) is 0 Å². The average molecular weight is 171 g/mol. The second kappa shape index (κ2) is 6.18. The molecule has 1 atom stereocenters. The first-order chi connectivity index (χ1) is 5.72. The van der Waals surface area contributed by atoms with Gasteiger partial charge in [0.05, 0.1) is 6.04 Å². The monoisotopic (exact) mass is 171 g/mol. The molecule has 1 heterocycles. The second-order valence-corrected chi connectivity index (χ2v) is 3.10. The number of hydrogen-bond acceptors (Lipinski definition) is 2. The van der Waals surface area contributed by atoms with E-state index in [0.717, 1.165) is 13.0 Å². The van der Waals surface area contributed by atoms with Crippen molar-refractivity contribution in [2.45, 2.75) is 46.1 Å². The Labute approximate surface area is 75.9 Å². The van der Waals surface area contributed by atoms with E-state index in [1.54, 1.807) is 6.92 Å². The number of rotatable bonds is 1. The van der Waals surface area contributed by atoms with Crippen LogP contribution in [0.5, 0.6) is 0 Å². The predicted octanol–water partition coefficient (Wildman–Crippen LogP) is 2.09. The Hall–Kier alpha value is -0.370. The van der Waals surface area contributed by atoms with Gasteiger partial charge in [-0.15, -0.1) is 0 Å². The summed E-state index contributed by atoms with van der Waals surface area (Å²) in [7, 11) is 2.03. The topological polar surface area (TPSA) is 20.3 Å². The fourth-order valence-corrected chi connectivity index (χ4v) is 1.59. The molecule has 12 heavy (non-hydrogen) atoms. The highest BCUT2D eigenvalue weighted by Gasteiger charge is 2.21. The summed E-state index contributed by atoms with van der Waals surface area (Å²) in [6.45, 7) is 6.77. The summed E-state index contributed by atoms with van der Waals surface area (Å²) >= 11 is 0. The highest BCUT2D eigenvalue weighted by atomic mass is 16.1. The maximum atomic E-state index is 11.0. The number of likely N-dealkylation sites (N-methyl/N-ethyl adjacent to an activating group) is 1. The van der Waals surface area contributed by atoms with E-state index in [9.17, 15) is 4.79 Å². The van der Waals surface area contributed by atoms with Gasteiger partial charge >= 0.3 is 0 Å².